The minimum Gasteiger partial charge on any atom is -0.372 e. The van der Waals surface area contributed by atoms with Gasteiger partial charge >= 0.3 is 0 Å². The predicted octanol–water partition coefficient (Wildman–Crippen LogP) is 2.28. The van der Waals surface area contributed by atoms with Crippen molar-refractivity contribution in [1.82, 2.24) is 10.2 Å². The van der Waals surface area contributed by atoms with Gasteiger partial charge in [0.05, 0.1) is 5.54 Å². The van der Waals surface area contributed by atoms with E-state index in [1.165, 1.54) is 25.1 Å². The SMILES string of the molecule is CCCN(CCC)C(C)(C)C1=NCCCN1. The fourth-order valence-corrected chi connectivity index (χ4v) is 2.30. The Morgan fingerprint density at radius 3 is 2.31 bits per heavy atom. The largest absolute Gasteiger partial charge is 0.372 e. The zero-order chi connectivity index (χ0) is 12.0. The summed E-state index contributed by atoms with van der Waals surface area (Å²) in [6, 6.07) is 0. The number of nitrogens with one attached hydrogen (secondary N) is 1. The molecule has 0 saturated heterocycles. The van der Waals surface area contributed by atoms with Crippen molar-refractivity contribution < 1.29 is 0 Å². The van der Waals surface area contributed by atoms with E-state index in [0.29, 0.717) is 0 Å². The maximum Gasteiger partial charge on any atom is 0.116 e. The van der Waals surface area contributed by atoms with Crippen LogP contribution in [0.25, 0.3) is 0 Å². The number of aliphatic imine (C=N–C) groups is 1. The highest BCUT2D eigenvalue weighted by Crippen LogP contribution is 2.18. The van der Waals surface area contributed by atoms with E-state index < -0.39 is 0 Å². The molecule has 0 aromatic carbocycles. The molecule has 0 aromatic heterocycles. The highest BCUT2D eigenvalue weighted by atomic mass is 15.2. The van der Waals surface area contributed by atoms with Gasteiger partial charge in [0.1, 0.15) is 5.84 Å². The lowest BCUT2D eigenvalue weighted by Gasteiger charge is -2.40. The fraction of sp³-hybridized carbons (Fsp3) is 0.923. The third-order valence-corrected chi connectivity index (χ3v) is 3.25. The van der Waals surface area contributed by atoms with Crippen LogP contribution in [0, 0.1) is 0 Å². The van der Waals surface area contributed by atoms with E-state index >= 15 is 0 Å². The molecule has 0 aliphatic carbocycles. The molecule has 16 heavy (non-hydrogen) atoms. The summed E-state index contributed by atoms with van der Waals surface area (Å²) in [7, 11) is 0. The first-order valence-corrected chi connectivity index (χ1v) is 6.66. The van der Waals surface area contributed by atoms with Crippen LogP contribution in [0.3, 0.4) is 0 Å². The Morgan fingerprint density at radius 2 is 1.88 bits per heavy atom. The fourth-order valence-electron chi connectivity index (χ4n) is 2.30. The van der Waals surface area contributed by atoms with E-state index in [-0.39, 0.29) is 5.54 Å². The van der Waals surface area contributed by atoms with Crippen molar-refractivity contribution in [3.05, 3.63) is 0 Å². The molecule has 1 N–H and O–H groups in total. The molecule has 1 heterocycles. The molecule has 1 rings (SSSR count). The van der Waals surface area contributed by atoms with E-state index in [1.807, 2.05) is 0 Å². The van der Waals surface area contributed by atoms with Gasteiger partial charge in [-0.3, -0.25) is 9.89 Å². The van der Waals surface area contributed by atoms with Crippen LogP contribution in [-0.2, 0) is 0 Å². The predicted molar refractivity (Wildman–Crippen MR) is 71.2 cm³/mol. The van der Waals surface area contributed by atoms with Gasteiger partial charge in [-0.25, -0.2) is 0 Å². The second-order valence-corrected chi connectivity index (χ2v) is 5.06. The van der Waals surface area contributed by atoms with Crippen LogP contribution in [0.1, 0.15) is 47.0 Å². The van der Waals surface area contributed by atoms with E-state index in [1.54, 1.807) is 0 Å². The zero-order valence-electron chi connectivity index (χ0n) is 11.3. The molecule has 1 aliphatic rings. The minimum atomic E-state index is 0.0619. The maximum absolute atomic E-state index is 4.65. The summed E-state index contributed by atoms with van der Waals surface area (Å²) in [4.78, 5) is 7.20. The zero-order valence-corrected chi connectivity index (χ0v) is 11.3. The average Bonchev–Trinajstić information content (AvgIpc) is 2.30. The number of amidine groups is 1. The summed E-state index contributed by atoms with van der Waals surface area (Å²) < 4.78 is 0. The van der Waals surface area contributed by atoms with E-state index in [4.69, 9.17) is 0 Å². The normalized spacial score (nSPS) is 17.2. The van der Waals surface area contributed by atoms with Gasteiger partial charge in [0, 0.05) is 13.1 Å². The highest BCUT2D eigenvalue weighted by Gasteiger charge is 2.31. The minimum absolute atomic E-state index is 0.0619. The Labute approximate surface area is 100 Å². The van der Waals surface area contributed by atoms with Crippen molar-refractivity contribution in [3.8, 4) is 0 Å². The van der Waals surface area contributed by atoms with Crippen molar-refractivity contribution in [2.45, 2.75) is 52.5 Å². The molecule has 0 aromatic rings. The van der Waals surface area contributed by atoms with Crippen molar-refractivity contribution in [1.29, 1.82) is 0 Å². The van der Waals surface area contributed by atoms with Gasteiger partial charge < -0.3 is 5.32 Å². The molecule has 94 valence electrons. The third-order valence-electron chi connectivity index (χ3n) is 3.25. The molecule has 0 fully saturated rings. The summed E-state index contributed by atoms with van der Waals surface area (Å²) in [5.74, 6) is 1.18. The summed E-state index contributed by atoms with van der Waals surface area (Å²) in [5.41, 5.74) is 0.0619. The van der Waals surface area contributed by atoms with E-state index in [2.05, 4.69) is 42.9 Å². The summed E-state index contributed by atoms with van der Waals surface area (Å²) >= 11 is 0. The highest BCUT2D eigenvalue weighted by molar-refractivity contribution is 5.91. The van der Waals surface area contributed by atoms with E-state index in [0.717, 1.165) is 26.2 Å². The van der Waals surface area contributed by atoms with E-state index in [9.17, 15) is 0 Å². The van der Waals surface area contributed by atoms with Crippen LogP contribution in [0.5, 0.6) is 0 Å². The lowest BCUT2D eigenvalue weighted by Crippen LogP contribution is -2.56. The smallest absolute Gasteiger partial charge is 0.116 e. The molecule has 0 atom stereocenters. The lowest BCUT2D eigenvalue weighted by atomic mass is 9.99. The monoisotopic (exact) mass is 225 g/mol. The van der Waals surface area contributed by atoms with Gasteiger partial charge in [0.15, 0.2) is 0 Å². The van der Waals surface area contributed by atoms with Crippen molar-refractivity contribution in [2.24, 2.45) is 4.99 Å². The Kier molecular flexibility index (Phi) is 5.26. The molecular weight excluding hydrogens is 198 g/mol. The number of rotatable bonds is 6. The molecule has 3 heteroatoms. The molecule has 0 saturated carbocycles. The average molecular weight is 225 g/mol. The molecular formula is C13H27N3. The number of nitrogens with zero attached hydrogens (tertiary/aromatic N) is 2. The van der Waals surface area contributed by atoms with Gasteiger partial charge in [-0.05, 0) is 46.2 Å². The Morgan fingerprint density at radius 1 is 1.25 bits per heavy atom. The Bertz CT molecular complexity index is 227. The quantitative estimate of drug-likeness (QED) is 0.751. The standard InChI is InChI=1S/C13H27N3/c1-5-10-16(11-6-2)13(3,4)12-14-8-7-9-15-12/h5-11H2,1-4H3,(H,14,15). The van der Waals surface area contributed by atoms with Gasteiger partial charge in [0.25, 0.3) is 0 Å². The molecule has 0 bridgehead atoms. The van der Waals surface area contributed by atoms with Crippen molar-refractivity contribution >= 4 is 5.84 Å². The molecule has 0 unspecified atom stereocenters. The summed E-state index contributed by atoms with van der Waals surface area (Å²) in [6.45, 7) is 13.4. The molecule has 0 spiro atoms. The summed E-state index contributed by atoms with van der Waals surface area (Å²) in [6.07, 6.45) is 3.58. The summed E-state index contributed by atoms with van der Waals surface area (Å²) in [5, 5.41) is 3.46. The number of hydrogen-bond donors (Lipinski definition) is 1. The first-order chi connectivity index (χ1) is 7.62. The second-order valence-electron chi connectivity index (χ2n) is 5.06. The van der Waals surface area contributed by atoms with Crippen molar-refractivity contribution in [3.63, 3.8) is 0 Å². The van der Waals surface area contributed by atoms with Gasteiger partial charge in [-0.15, -0.1) is 0 Å². The van der Waals surface area contributed by atoms with Crippen molar-refractivity contribution in [2.75, 3.05) is 26.2 Å². The molecule has 0 amide bonds. The van der Waals surface area contributed by atoms with Crippen LogP contribution >= 0.6 is 0 Å². The Hall–Kier alpha value is -0.570. The van der Waals surface area contributed by atoms with Crippen LogP contribution in [0.2, 0.25) is 0 Å². The van der Waals surface area contributed by atoms with Crippen LogP contribution in [0.4, 0.5) is 0 Å². The lowest BCUT2D eigenvalue weighted by molar-refractivity contribution is 0.173. The Balaban J connectivity index is 2.73. The second kappa shape index (κ2) is 6.24. The molecule has 3 nitrogen and oxygen atoms in total. The molecule has 1 aliphatic heterocycles. The number of hydrogen-bond acceptors (Lipinski definition) is 3. The third kappa shape index (κ3) is 3.21. The molecule has 0 radical (unpaired) electrons. The van der Waals surface area contributed by atoms with Crippen LogP contribution < -0.4 is 5.32 Å². The van der Waals surface area contributed by atoms with Gasteiger partial charge in [-0.2, -0.15) is 0 Å². The first-order valence-electron chi connectivity index (χ1n) is 6.66. The topological polar surface area (TPSA) is 27.6 Å². The first kappa shape index (κ1) is 13.5. The van der Waals surface area contributed by atoms with Crippen LogP contribution in [-0.4, -0.2) is 42.5 Å². The maximum atomic E-state index is 4.65. The van der Waals surface area contributed by atoms with Crippen LogP contribution in [0.15, 0.2) is 4.99 Å². The van der Waals surface area contributed by atoms with Gasteiger partial charge in [-0.1, -0.05) is 13.8 Å². The van der Waals surface area contributed by atoms with Gasteiger partial charge in [0.2, 0.25) is 0 Å².